The summed E-state index contributed by atoms with van der Waals surface area (Å²) in [6, 6.07) is 4.55. The van der Waals surface area contributed by atoms with Crippen molar-refractivity contribution in [1.82, 2.24) is 15.0 Å². The number of hydrogen-bond acceptors (Lipinski definition) is 2. The topological polar surface area (TPSA) is 41.6 Å². The molecule has 0 aromatic carbocycles. The summed E-state index contributed by atoms with van der Waals surface area (Å²) in [7, 11) is 0. The number of hydrogen-bond donors (Lipinski definition) is 1. The van der Waals surface area contributed by atoms with Gasteiger partial charge in [0.15, 0.2) is 5.82 Å². The maximum absolute atomic E-state index is 12.6. The molecule has 12 heavy (non-hydrogen) atoms. The molecule has 0 fully saturated rings. The Labute approximate surface area is 68.3 Å². The molecule has 0 spiro atoms. The Morgan fingerprint density at radius 1 is 1.42 bits per heavy atom. The molecule has 0 saturated carbocycles. The van der Waals surface area contributed by atoms with E-state index in [1.807, 2.05) is 0 Å². The van der Waals surface area contributed by atoms with Crippen LogP contribution in [0.25, 0.3) is 11.5 Å². The summed E-state index contributed by atoms with van der Waals surface area (Å²) in [6.07, 6.45) is 4.12. The summed E-state index contributed by atoms with van der Waals surface area (Å²) in [4.78, 5) is 10.2. The van der Waals surface area contributed by atoms with Gasteiger partial charge < -0.3 is 4.98 Å². The lowest BCUT2D eigenvalue weighted by atomic mass is 10.3. The first-order valence-electron chi connectivity index (χ1n) is 3.40. The quantitative estimate of drug-likeness (QED) is 0.644. The van der Waals surface area contributed by atoms with Crippen molar-refractivity contribution >= 4 is 0 Å². The van der Waals surface area contributed by atoms with Crippen LogP contribution in [0.1, 0.15) is 0 Å². The van der Waals surface area contributed by atoms with Crippen LogP contribution < -0.4 is 0 Å². The van der Waals surface area contributed by atoms with E-state index < -0.39 is 5.95 Å². The second-order valence-electron chi connectivity index (χ2n) is 2.22. The van der Waals surface area contributed by atoms with Gasteiger partial charge in [-0.05, 0) is 12.1 Å². The third kappa shape index (κ3) is 1.18. The van der Waals surface area contributed by atoms with E-state index in [0.29, 0.717) is 11.5 Å². The Bertz CT molecular complexity index is 370. The van der Waals surface area contributed by atoms with Crippen molar-refractivity contribution < 1.29 is 4.39 Å². The van der Waals surface area contributed by atoms with Gasteiger partial charge in [0.05, 0.1) is 0 Å². The summed E-state index contributed by atoms with van der Waals surface area (Å²) in [5.41, 5.74) is 0.483. The van der Waals surface area contributed by atoms with E-state index >= 15 is 0 Å². The van der Waals surface area contributed by atoms with Crippen molar-refractivity contribution in [2.45, 2.75) is 0 Å². The molecule has 0 unspecified atom stereocenters. The Morgan fingerprint density at radius 2 is 2.33 bits per heavy atom. The van der Waals surface area contributed by atoms with Gasteiger partial charge in [0.1, 0.15) is 11.9 Å². The fourth-order valence-corrected chi connectivity index (χ4v) is 0.901. The molecule has 0 saturated heterocycles. The number of nitrogens with zero attached hydrogens (tertiary/aromatic N) is 2. The lowest BCUT2D eigenvalue weighted by Gasteiger charge is -1.93. The van der Waals surface area contributed by atoms with Crippen LogP contribution in [0.3, 0.4) is 0 Å². The van der Waals surface area contributed by atoms with Crippen LogP contribution in [0.15, 0.2) is 24.4 Å². The van der Waals surface area contributed by atoms with E-state index in [2.05, 4.69) is 21.1 Å². The number of rotatable bonds is 1. The first-order valence-corrected chi connectivity index (χ1v) is 3.40. The maximum Gasteiger partial charge on any atom is 0.213 e. The summed E-state index contributed by atoms with van der Waals surface area (Å²) in [5.74, 6) is 0.0124. The molecule has 0 aliphatic rings. The van der Waals surface area contributed by atoms with E-state index in [4.69, 9.17) is 0 Å². The van der Waals surface area contributed by atoms with Gasteiger partial charge in [-0.25, -0.2) is 9.97 Å². The molecule has 0 atom stereocenters. The highest BCUT2D eigenvalue weighted by molar-refractivity contribution is 5.47. The monoisotopic (exact) mass is 162 g/mol. The minimum absolute atomic E-state index is 0.483. The second-order valence-corrected chi connectivity index (χ2v) is 2.22. The highest BCUT2D eigenvalue weighted by atomic mass is 19.1. The standard InChI is InChI=1S/C8H5FN3/c9-7-3-1-2-6(12-7)8-10-4-5-11-8/h1-4H,(H,10,11). The predicted molar refractivity (Wildman–Crippen MR) is 40.6 cm³/mol. The molecular formula is C8H5FN3. The average molecular weight is 162 g/mol. The van der Waals surface area contributed by atoms with Gasteiger partial charge >= 0.3 is 0 Å². The summed E-state index contributed by atoms with van der Waals surface area (Å²) in [5, 5.41) is 0. The van der Waals surface area contributed by atoms with Crippen LogP contribution in [0, 0.1) is 12.1 Å². The van der Waals surface area contributed by atoms with E-state index in [-0.39, 0.29) is 0 Å². The van der Waals surface area contributed by atoms with Gasteiger partial charge in [0, 0.05) is 6.20 Å². The SMILES string of the molecule is Fc1cccc(-c2n[c]c[nH]2)n1. The molecule has 1 radical (unpaired) electrons. The normalized spacial score (nSPS) is 10.1. The van der Waals surface area contributed by atoms with Gasteiger partial charge in [-0.1, -0.05) is 6.07 Å². The number of aromatic amines is 1. The van der Waals surface area contributed by atoms with Crippen LogP contribution >= 0.6 is 0 Å². The van der Waals surface area contributed by atoms with E-state index in [9.17, 15) is 4.39 Å². The Morgan fingerprint density at radius 3 is 3.00 bits per heavy atom. The molecule has 0 aliphatic carbocycles. The lowest BCUT2D eigenvalue weighted by Crippen LogP contribution is -1.87. The number of imidazole rings is 1. The van der Waals surface area contributed by atoms with Gasteiger partial charge in [0.25, 0.3) is 0 Å². The Balaban J connectivity index is 2.48. The molecule has 4 heteroatoms. The van der Waals surface area contributed by atoms with Gasteiger partial charge in [-0.2, -0.15) is 4.39 Å². The first kappa shape index (κ1) is 6.97. The molecule has 2 aromatic rings. The Hall–Kier alpha value is -1.71. The van der Waals surface area contributed by atoms with Crippen LogP contribution in [-0.2, 0) is 0 Å². The third-order valence-electron chi connectivity index (χ3n) is 1.41. The zero-order valence-corrected chi connectivity index (χ0v) is 6.08. The largest absolute Gasteiger partial charge is 0.343 e. The van der Waals surface area contributed by atoms with Crippen molar-refractivity contribution in [2.24, 2.45) is 0 Å². The molecule has 0 amide bonds. The zero-order chi connectivity index (χ0) is 8.39. The van der Waals surface area contributed by atoms with Crippen LogP contribution in [0.5, 0.6) is 0 Å². The molecule has 3 nitrogen and oxygen atoms in total. The molecule has 2 heterocycles. The number of H-pyrrole nitrogens is 1. The highest BCUT2D eigenvalue weighted by Crippen LogP contribution is 2.09. The third-order valence-corrected chi connectivity index (χ3v) is 1.41. The van der Waals surface area contributed by atoms with Crippen molar-refractivity contribution in [3.63, 3.8) is 0 Å². The highest BCUT2D eigenvalue weighted by Gasteiger charge is 2.01. The smallest absolute Gasteiger partial charge is 0.213 e. The van der Waals surface area contributed by atoms with Crippen molar-refractivity contribution in [1.29, 1.82) is 0 Å². The van der Waals surface area contributed by atoms with E-state index in [0.717, 1.165) is 0 Å². The van der Waals surface area contributed by atoms with Gasteiger partial charge in [0.2, 0.25) is 5.95 Å². The van der Waals surface area contributed by atoms with Crippen molar-refractivity contribution in [3.8, 4) is 11.5 Å². The fraction of sp³-hybridized carbons (Fsp3) is 0. The number of pyridine rings is 1. The average Bonchev–Trinajstić information content (AvgIpc) is 2.56. The Kier molecular flexibility index (Phi) is 1.59. The van der Waals surface area contributed by atoms with Crippen LogP contribution in [-0.4, -0.2) is 15.0 Å². The minimum Gasteiger partial charge on any atom is -0.343 e. The number of nitrogens with one attached hydrogen (secondary N) is 1. The van der Waals surface area contributed by atoms with Gasteiger partial charge in [-0.15, -0.1) is 0 Å². The maximum atomic E-state index is 12.6. The molecule has 1 N–H and O–H groups in total. The van der Waals surface area contributed by atoms with Crippen LogP contribution in [0.2, 0.25) is 0 Å². The molecule has 2 rings (SSSR count). The van der Waals surface area contributed by atoms with E-state index in [1.165, 1.54) is 6.07 Å². The molecule has 0 aliphatic heterocycles. The predicted octanol–water partition coefficient (Wildman–Crippen LogP) is 1.41. The lowest BCUT2D eigenvalue weighted by molar-refractivity contribution is 0.585. The second kappa shape index (κ2) is 2.73. The first-order chi connectivity index (χ1) is 5.86. The number of aromatic nitrogens is 3. The summed E-state index contributed by atoms with van der Waals surface area (Å²) in [6.45, 7) is 0. The molecule has 0 bridgehead atoms. The summed E-state index contributed by atoms with van der Waals surface area (Å²) < 4.78 is 12.6. The zero-order valence-electron chi connectivity index (χ0n) is 6.08. The molecule has 2 aromatic heterocycles. The molecular weight excluding hydrogens is 157 g/mol. The summed E-state index contributed by atoms with van der Waals surface area (Å²) >= 11 is 0. The van der Waals surface area contributed by atoms with Crippen molar-refractivity contribution in [3.05, 3.63) is 36.5 Å². The minimum atomic E-state index is -0.510. The van der Waals surface area contributed by atoms with Gasteiger partial charge in [-0.3, -0.25) is 0 Å². The molecule has 59 valence electrons. The fourth-order valence-electron chi connectivity index (χ4n) is 0.901. The van der Waals surface area contributed by atoms with E-state index in [1.54, 1.807) is 18.3 Å². The van der Waals surface area contributed by atoms with Crippen molar-refractivity contribution in [2.75, 3.05) is 0 Å². The number of halogens is 1. The van der Waals surface area contributed by atoms with Crippen LogP contribution in [0.4, 0.5) is 4.39 Å².